The maximum absolute atomic E-state index is 11.0. The SMILES string of the molecule is Nc1cccc(OCc2cc(=O)[nH]cn2)c1. The number of ether oxygens (including phenoxy) is 1. The van der Waals surface area contributed by atoms with Crippen molar-refractivity contribution in [3.63, 3.8) is 0 Å². The van der Waals surface area contributed by atoms with Crippen LogP contribution in [0.3, 0.4) is 0 Å². The zero-order valence-corrected chi connectivity index (χ0v) is 8.51. The molecule has 5 heteroatoms. The first-order valence-corrected chi connectivity index (χ1v) is 4.76. The molecule has 0 spiro atoms. The lowest BCUT2D eigenvalue weighted by Crippen LogP contribution is -2.08. The van der Waals surface area contributed by atoms with Gasteiger partial charge in [0.1, 0.15) is 12.4 Å². The van der Waals surface area contributed by atoms with Crippen molar-refractivity contribution >= 4 is 5.69 Å². The Morgan fingerprint density at radius 2 is 2.25 bits per heavy atom. The Hall–Kier alpha value is -2.30. The average Bonchev–Trinajstić information content (AvgIpc) is 2.27. The summed E-state index contributed by atoms with van der Waals surface area (Å²) in [5.41, 5.74) is 6.62. The van der Waals surface area contributed by atoms with E-state index >= 15 is 0 Å². The summed E-state index contributed by atoms with van der Waals surface area (Å²) in [6.45, 7) is 0.243. The van der Waals surface area contributed by atoms with Crippen molar-refractivity contribution in [3.05, 3.63) is 52.7 Å². The zero-order valence-electron chi connectivity index (χ0n) is 8.51. The van der Waals surface area contributed by atoms with Crippen LogP contribution in [0.25, 0.3) is 0 Å². The van der Waals surface area contributed by atoms with Crippen LogP contribution in [0.1, 0.15) is 5.69 Å². The number of aromatic nitrogens is 2. The molecular weight excluding hydrogens is 206 g/mol. The molecular formula is C11H11N3O2. The second kappa shape index (κ2) is 4.48. The van der Waals surface area contributed by atoms with Gasteiger partial charge in [0.2, 0.25) is 0 Å². The lowest BCUT2D eigenvalue weighted by Gasteiger charge is -2.05. The van der Waals surface area contributed by atoms with E-state index in [4.69, 9.17) is 10.5 Å². The number of aromatic amines is 1. The van der Waals surface area contributed by atoms with Gasteiger partial charge in [0.25, 0.3) is 5.56 Å². The number of hydrogen-bond donors (Lipinski definition) is 2. The molecule has 0 aliphatic carbocycles. The highest BCUT2D eigenvalue weighted by molar-refractivity contribution is 5.43. The number of anilines is 1. The minimum absolute atomic E-state index is 0.193. The number of nitrogens with zero attached hydrogens (tertiary/aromatic N) is 1. The van der Waals surface area contributed by atoms with Crippen molar-refractivity contribution < 1.29 is 4.74 Å². The van der Waals surface area contributed by atoms with E-state index in [1.54, 1.807) is 24.3 Å². The second-order valence-electron chi connectivity index (χ2n) is 3.26. The predicted molar refractivity (Wildman–Crippen MR) is 60.0 cm³/mol. The summed E-state index contributed by atoms with van der Waals surface area (Å²) < 4.78 is 5.43. The maximum Gasteiger partial charge on any atom is 0.251 e. The summed E-state index contributed by atoms with van der Waals surface area (Å²) in [6, 6.07) is 8.48. The molecule has 82 valence electrons. The van der Waals surface area contributed by atoms with E-state index < -0.39 is 0 Å². The summed E-state index contributed by atoms with van der Waals surface area (Å²) >= 11 is 0. The third-order valence-electron chi connectivity index (χ3n) is 1.98. The highest BCUT2D eigenvalue weighted by Gasteiger charge is 1.98. The van der Waals surface area contributed by atoms with E-state index in [-0.39, 0.29) is 12.2 Å². The van der Waals surface area contributed by atoms with Crippen molar-refractivity contribution in [3.8, 4) is 5.75 Å². The predicted octanol–water partition coefficient (Wildman–Crippen LogP) is 0.931. The van der Waals surface area contributed by atoms with E-state index in [2.05, 4.69) is 9.97 Å². The molecule has 2 aromatic rings. The van der Waals surface area contributed by atoms with Crippen LogP contribution in [0.2, 0.25) is 0 Å². The van der Waals surface area contributed by atoms with E-state index in [0.717, 1.165) is 0 Å². The van der Waals surface area contributed by atoms with Crippen LogP contribution >= 0.6 is 0 Å². The minimum Gasteiger partial charge on any atom is -0.487 e. The minimum atomic E-state index is -0.193. The van der Waals surface area contributed by atoms with E-state index in [9.17, 15) is 4.79 Å². The quantitative estimate of drug-likeness (QED) is 0.749. The van der Waals surface area contributed by atoms with Gasteiger partial charge in [-0.2, -0.15) is 0 Å². The summed E-state index contributed by atoms with van der Waals surface area (Å²) in [5, 5.41) is 0. The van der Waals surface area contributed by atoms with Gasteiger partial charge in [-0.3, -0.25) is 4.79 Å². The van der Waals surface area contributed by atoms with Crippen LogP contribution in [0.15, 0.2) is 41.5 Å². The van der Waals surface area contributed by atoms with Gasteiger partial charge < -0.3 is 15.5 Å². The highest BCUT2D eigenvalue weighted by Crippen LogP contribution is 2.15. The number of nitrogen functional groups attached to an aromatic ring is 1. The van der Waals surface area contributed by atoms with Crippen LogP contribution in [0.4, 0.5) is 5.69 Å². The maximum atomic E-state index is 11.0. The first-order chi connectivity index (χ1) is 7.74. The van der Waals surface area contributed by atoms with Crippen molar-refractivity contribution in [2.45, 2.75) is 6.61 Å². The fraction of sp³-hybridized carbons (Fsp3) is 0.0909. The normalized spacial score (nSPS) is 10.0. The van der Waals surface area contributed by atoms with E-state index in [1.165, 1.54) is 12.4 Å². The Kier molecular flexibility index (Phi) is 2.86. The van der Waals surface area contributed by atoms with Crippen molar-refractivity contribution in [1.29, 1.82) is 0 Å². The number of H-pyrrole nitrogens is 1. The van der Waals surface area contributed by atoms with Crippen LogP contribution in [0, 0.1) is 0 Å². The monoisotopic (exact) mass is 217 g/mol. The molecule has 0 bridgehead atoms. The number of rotatable bonds is 3. The van der Waals surface area contributed by atoms with Gasteiger partial charge in [-0.25, -0.2) is 4.98 Å². The van der Waals surface area contributed by atoms with E-state index in [0.29, 0.717) is 17.1 Å². The Bertz CT molecular complexity index is 537. The number of nitrogens with one attached hydrogen (secondary N) is 1. The van der Waals surface area contributed by atoms with Gasteiger partial charge in [0.15, 0.2) is 0 Å². The molecule has 0 aliphatic heterocycles. The molecule has 0 radical (unpaired) electrons. The second-order valence-corrected chi connectivity index (χ2v) is 3.26. The Labute approximate surface area is 91.9 Å². The lowest BCUT2D eigenvalue weighted by atomic mass is 10.3. The lowest BCUT2D eigenvalue weighted by molar-refractivity contribution is 0.301. The summed E-state index contributed by atoms with van der Waals surface area (Å²) in [7, 11) is 0. The fourth-order valence-electron chi connectivity index (χ4n) is 1.25. The Balaban J connectivity index is 2.05. The molecule has 2 rings (SSSR count). The number of benzene rings is 1. The van der Waals surface area contributed by atoms with Gasteiger partial charge in [-0.05, 0) is 12.1 Å². The molecule has 3 N–H and O–H groups in total. The molecule has 5 nitrogen and oxygen atoms in total. The smallest absolute Gasteiger partial charge is 0.251 e. The van der Waals surface area contributed by atoms with Gasteiger partial charge in [-0.15, -0.1) is 0 Å². The molecule has 1 heterocycles. The largest absolute Gasteiger partial charge is 0.487 e. The first-order valence-electron chi connectivity index (χ1n) is 4.76. The Morgan fingerprint density at radius 1 is 1.38 bits per heavy atom. The molecule has 0 unspecified atom stereocenters. The average molecular weight is 217 g/mol. The van der Waals surface area contributed by atoms with Crippen molar-refractivity contribution in [2.24, 2.45) is 0 Å². The molecule has 0 saturated carbocycles. The fourth-order valence-corrected chi connectivity index (χ4v) is 1.25. The van der Waals surface area contributed by atoms with Gasteiger partial charge >= 0.3 is 0 Å². The third kappa shape index (κ3) is 2.60. The topological polar surface area (TPSA) is 81.0 Å². The van der Waals surface area contributed by atoms with Crippen molar-refractivity contribution in [1.82, 2.24) is 9.97 Å². The summed E-state index contributed by atoms with van der Waals surface area (Å²) in [4.78, 5) is 17.4. The number of hydrogen-bond acceptors (Lipinski definition) is 4. The summed E-state index contributed by atoms with van der Waals surface area (Å²) in [6.07, 6.45) is 1.35. The number of nitrogens with two attached hydrogens (primary N) is 1. The molecule has 0 atom stereocenters. The molecule has 0 aliphatic rings. The molecule has 16 heavy (non-hydrogen) atoms. The molecule has 1 aromatic carbocycles. The molecule has 0 amide bonds. The Morgan fingerprint density at radius 3 is 3.00 bits per heavy atom. The van der Waals surface area contributed by atoms with Crippen LogP contribution in [0.5, 0.6) is 5.75 Å². The molecule has 1 aromatic heterocycles. The van der Waals surface area contributed by atoms with Gasteiger partial charge in [0, 0.05) is 17.8 Å². The standard InChI is InChI=1S/C11H11N3O2/c12-8-2-1-3-10(4-8)16-6-9-5-11(15)14-7-13-9/h1-5,7H,6,12H2,(H,13,14,15). The van der Waals surface area contributed by atoms with Gasteiger partial charge in [-0.1, -0.05) is 6.07 Å². The highest BCUT2D eigenvalue weighted by atomic mass is 16.5. The molecule has 0 saturated heterocycles. The summed E-state index contributed by atoms with van der Waals surface area (Å²) in [5.74, 6) is 0.655. The van der Waals surface area contributed by atoms with Crippen LogP contribution in [-0.2, 0) is 6.61 Å². The van der Waals surface area contributed by atoms with Crippen molar-refractivity contribution in [2.75, 3.05) is 5.73 Å². The first kappa shape index (κ1) is 10.2. The molecule has 0 fully saturated rings. The van der Waals surface area contributed by atoms with Gasteiger partial charge in [0.05, 0.1) is 12.0 Å². The van der Waals surface area contributed by atoms with Crippen LogP contribution < -0.4 is 16.0 Å². The van der Waals surface area contributed by atoms with Crippen LogP contribution in [-0.4, -0.2) is 9.97 Å². The third-order valence-corrected chi connectivity index (χ3v) is 1.98. The zero-order chi connectivity index (χ0) is 11.4. The van der Waals surface area contributed by atoms with E-state index in [1.807, 2.05) is 0 Å².